The molecule has 1 aromatic heterocycles. The normalized spacial score (nSPS) is 41.0. The van der Waals surface area contributed by atoms with E-state index in [-0.39, 0.29) is 37.2 Å². The third kappa shape index (κ3) is 10.9. The fourth-order valence-corrected chi connectivity index (χ4v) is 11.5. The number of amides is 1. The molecule has 0 saturated carbocycles. The maximum atomic E-state index is 15.1. The molecule has 5 heterocycles. The Balaban J connectivity index is 1.39. The van der Waals surface area contributed by atoms with Gasteiger partial charge in [0.2, 0.25) is 0 Å². The van der Waals surface area contributed by atoms with E-state index in [2.05, 4.69) is 10.4 Å². The van der Waals surface area contributed by atoms with Crippen molar-refractivity contribution in [1.29, 1.82) is 0 Å². The molecule has 4 aliphatic rings. The zero-order valence-corrected chi connectivity index (χ0v) is 42.8. The van der Waals surface area contributed by atoms with Crippen molar-refractivity contribution in [2.75, 3.05) is 34.9 Å². The second-order valence-corrected chi connectivity index (χ2v) is 20.8. The molecule has 2 aromatic rings. The van der Waals surface area contributed by atoms with Gasteiger partial charge in [0.15, 0.2) is 18.2 Å². The lowest BCUT2D eigenvalue weighted by molar-refractivity contribution is -0.319. The first kappa shape index (κ1) is 54.0. The second kappa shape index (κ2) is 22.0. The number of Topliss-reactive ketones (excluding diaryl/α,β-unsaturated/α-hetero) is 1. The van der Waals surface area contributed by atoms with Crippen molar-refractivity contribution in [2.24, 2.45) is 23.7 Å². The highest BCUT2D eigenvalue weighted by molar-refractivity contribution is 5.85. The molecular formula is C51H80N4O13. The lowest BCUT2D eigenvalue weighted by Crippen LogP contribution is -2.62. The van der Waals surface area contributed by atoms with E-state index in [1.807, 2.05) is 83.9 Å². The average molecular weight is 957 g/mol. The summed E-state index contributed by atoms with van der Waals surface area (Å²) in [6.07, 6.45) is -4.54. The summed E-state index contributed by atoms with van der Waals surface area (Å²) in [5.41, 5.74) is 1.55. The second-order valence-electron chi connectivity index (χ2n) is 20.8. The molecule has 1 aromatic carbocycles. The minimum atomic E-state index is -1.47. The van der Waals surface area contributed by atoms with Gasteiger partial charge in [0.1, 0.15) is 30.1 Å². The molecular weight excluding hydrogens is 877 g/mol. The van der Waals surface area contributed by atoms with Crippen molar-refractivity contribution in [3.8, 4) is 0 Å². The highest BCUT2D eigenvalue weighted by Gasteiger charge is 2.61. The fourth-order valence-electron chi connectivity index (χ4n) is 11.5. The number of esters is 1. The number of aromatic nitrogens is 1. The summed E-state index contributed by atoms with van der Waals surface area (Å²) in [4.78, 5) is 50.6. The van der Waals surface area contributed by atoms with E-state index < -0.39 is 108 Å². The maximum Gasteiger partial charge on any atom is 0.425 e. The fraction of sp³-hybridized carbons (Fsp3) is 0.765. The summed E-state index contributed by atoms with van der Waals surface area (Å²) in [6.45, 7) is 18.5. The smallest absolute Gasteiger partial charge is 0.425 e. The van der Waals surface area contributed by atoms with Gasteiger partial charge in [0, 0.05) is 62.6 Å². The van der Waals surface area contributed by atoms with E-state index in [0.717, 1.165) is 16.5 Å². The molecule has 17 heteroatoms. The van der Waals surface area contributed by atoms with Crippen LogP contribution in [0.1, 0.15) is 107 Å². The van der Waals surface area contributed by atoms with Gasteiger partial charge >= 0.3 is 12.1 Å². The van der Waals surface area contributed by atoms with Crippen LogP contribution in [-0.2, 0) is 53.9 Å². The van der Waals surface area contributed by atoms with E-state index in [1.54, 1.807) is 47.9 Å². The van der Waals surface area contributed by atoms with Crippen LogP contribution in [0.3, 0.4) is 0 Å². The first-order valence-electron chi connectivity index (χ1n) is 24.6. The Kier molecular flexibility index (Phi) is 17.4. The lowest BCUT2D eigenvalue weighted by atomic mass is 9.73. The Morgan fingerprint density at radius 2 is 1.60 bits per heavy atom. The van der Waals surface area contributed by atoms with Gasteiger partial charge in [0.05, 0.1) is 47.1 Å². The molecule has 0 aliphatic carbocycles. The van der Waals surface area contributed by atoms with Crippen LogP contribution in [0.2, 0.25) is 0 Å². The Morgan fingerprint density at radius 3 is 2.26 bits per heavy atom. The maximum absolute atomic E-state index is 15.1. The standard InChI is InChI=1S/C51H80N4O13/c1-15-38-51(10)43(55(48(60)68-51)53-23-18-19-34-22-24-52-36-21-17-16-20-35(34)36)30(4)40(56)28(2)26-50(9,62-14)45(67-47-41(57)37(54(11)12)25-29(3)63-47)31(5)42(32(6)46(59)65-38)66-39-27-49(8,61-13)44(58)33(7)64-39/h16-17,20-22,24,28-33,37-39,41-45,47,53,57-58H,15,18-19,23,25-27H2,1-14H3/t28-,29-,30+,31+,32-,33+,37+,38-,39+,41-,42+,43-,44+,45-,47+,49-,50-,51-/m1/s1. The van der Waals surface area contributed by atoms with Gasteiger partial charge in [0.25, 0.3) is 0 Å². The van der Waals surface area contributed by atoms with Crippen molar-refractivity contribution in [3.63, 3.8) is 0 Å². The van der Waals surface area contributed by atoms with Crippen LogP contribution in [0.25, 0.3) is 10.9 Å². The number of aliphatic hydroxyl groups excluding tert-OH is 2. The number of nitrogens with one attached hydrogen (secondary N) is 1. The highest BCUT2D eigenvalue weighted by atomic mass is 16.7. The quantitative estimate of drug-likeness (QED) is 0.166. The van der Waals surface area contributed by atoms with E-state index in [1.165, 1.54) is 12.1 Å². The number of hydrazine groups is 1. The molecule has 1 amide bonds. The van der Waals surface area contributed by atoms with Crippen molar-refractivity contribution in [1.82, 2.24) is 20.3 Å². The summed E-state index contributed by atoms with van der Waals surface area (Å²) in [5, 5.41) is 25.4. The minimum Gasteiger partial charge on any atom is -0.458 e. The lowest BCUT2D eigenvalue weighted by Gasteiger charge is -2.50. The number of nitrogens with zero attached hydrogens (tertiary/aromatic N) is 3. The number of ether oxygens (including phenoxy) is 8. The number of methoxy groups -OCH3 is 2. The van der Waals surface area contributed by atoms with Crippen LogP contribution < -0.4 is 5.43 Å². The molecule has 0 unspecified atom stereocenters. The van der Waals surface area contributed by atoms with Crippen LogP contribution in [0, 0.1) is 23.7 Å². The zero-order valence-electron chi connectivity index (χ0n) is 42.8. The number of cyclic esters (lactones) is 1. The third-order valence-electron chi connectivity index (χ3n) is 15.7. The van der Waals surface area contributed by atoms with Gasteiger partial charge in [-0.25, -0.2) is 15.2 Å². The van der Waals surface area contributed by atoms with E-state index >= 15 is 4.79 Å². The highest BCUT2D eigenvalue weighted by Crippen LogP contribution is 2.44. The number of fused-ring (bicyclic) bond motifs is 2. The average Bonchev–Trinajstić information content (AvgIpc) is 3.57. The molecule has 3 N–H and O–H groups in total. The molecule has 4 fully saturated rings. The number of aryl methyl sites for hydroxylation is 1. The number of aliphatic hydroxyl groups is 2. The molecule has 6 rings (SSSR count). The third-order valence-corrected chi connectivity index (χ3v) is 15.7. The molecule has 18 atom stereocenters. The number of likely N-dealkylation sites (N-methyl/N-ethyl adjacent to an activating group) is 1. The predicted octanol–water partition coefficient (Wildman–Crippen LogP) is 5.59. The first-order valence-corrected chi connectivity index (χ1v) is 24.6. The van der Waals surface area contributed by atoms with Gasteiger partial charge in [-0.2, -0.15) is 0 Å². The number of para-hydroxylation sites is 1. The van der Waals surface area contributed by atoms with Gasteiger partial charge in [-0.15, -0.1) is 0 Å². The molecule has 4 aliphatic heterocycles. The Morgan fingerprint density at radius 1 is 0.912 bits per heavy atom. The monoisotopic (exact) mass is 957 g/mol. The summed E-state index contributed by atoms with van der Waals surface area (Å²) in [6, 6.07) is 8.76. The van der Waals surface area contributed by atoms with Crippen molar-refractivity contribution in [2.45, 2.75) is 192 Å². The van der Waals surface area contributed by atoms with Gasteiger partial charge in [-0.1, -0.05) is 45.9 Å². The first-order chi connectivity index (χ1) is 32.0. The number of rotatable bonds is 13. The zero-order chi connectivity index (χ0) is 50.0. The summed E-state index contributed by atoms with van der Waals surface area (Å²) in [5.74, 6) is -4.03. The largest absolute Gasteiger partial charge is 0.458 e. The minimum absolute atomic E-state index is 0.123. The Labute approximate surface area is 403 Å². The van der Waals surface area contributed by atoms with Crippen molar-refractivity contribution in [3.05, 3.63) is 42.1 Å². The number of carbonyl (C=O) groups excluding carboxylic acids is 3. The van der Waals surface area contributed by atoms with Crippen LogP contribution in [0.4, 0.5) is 4.79 Å². The number of pyridine rings is 1. The molecule has 0 spiro atoms. The van der Waals surface area contributed by atoms with Gasteiger partial charge in [-0.05, 0) is 105 Å². The summed E-state index contributed by atoms with van der Waals surface area (Å²) < 4.78 is 51.6. The molecule has 4 saturated heterocycles. The number of ketones is 1. The van der Waals surface area contributed by atoms with E-state index in [0.29, 0.717) is 25.8 Å². The SMILES string of the molecule is CC[C@H]1OC(=O)[C@H](C)[C@@H](O[C@H]2C[C@@](C)(OC)[C@@H](O)[C@H](C)O2)[C@H](C)[C@@H](O[C@@H]2O[C@H](C)C[C@H](N(C)C)[C@H]2O)[C@](C)(OC)C[C@@H](C)C(=O)[C@H](C)[C@H]2N(NCCCc3ccnc4ccccc34)C(=O)O[C@]12C. The van der Waals surface area contributed by atoms with Crippen LogP contribution in [-0.4, -0.2) is 162 Å². The number of benzene rings is 1. The van der Waals surface area contributed by atoms with E-state index in [4.69, 9.17) is 37.9 Å². The van der Waals surface area contributed by atoms with Gasteiger partial charge < -0.3 is 53.0 Å². The van der Waals surface area contributed by atoms with E-state index in [9.17, 15) is 19.8 Å². The van der Waals surface area contributed by atoms with Crippen molar-refractivity contribution < 1.29 is 62.5 Å². The molecule has 0 radical (unpaired) electrons. The molecule has 0 bridgehead atoms. The molecule has 17 nitrogen and oxygen atoms in total. The Bertz CT molecular complexity index is 2040. The number of hydrogen-bond acceptors (Lipinski definition) is 16. The molecule has 68 heavy (non-hydrogen) atoms. The van der Waals surface area contributed by atoms with Crippen LogP contribution >= 0.6 is 0 Å². The topological polar surface area (TPSA) is 197 Å². The predicted molar refractivity (Wildman–Crippen MR) is 253 cm³/mol. The molecule has 382 valence electrons. The van der Waals surface area contributed by atoms with Crippen LogP contribution in [0.5, 0.6) is 0 Å². The van der Waals surface area contributed by atoms with Gasteiger partial charge in [-0.3, -0.25) is 14.6 Å². The summed E-state index contributed by atoms with van der Waals surface area (Å²) >= 11 is 0. The number of hydrogen-bond donors (Lipinski definition) is 3. The Hall–Kier alpha value is -3.36. The van der Waals surface area contributed by atoms with Crippen molar-refractivity contribution >= 4 is 28.7 Å². The summed E-state index contributed by atoms with van der Waals surface area (Å²) in [7, 11) is 6.86. The van der Waals surface area contributed by atoms with Crippen LogP contribution in [0.15, 0.2) is 36.5 Å². The number of carbonyl (C=O) groups is 3.